The van der Waals surface area contributed by atoms with Gasteiger partial charge in [-0.05, 0) is 0 Å². The molecular formula is C6H11O6. The molecule has 1 rings (SSSR count). The highest BCUT2D eigenvalue weighted by atomic mass is 16.6. The van der Waals surface area contributed by atoms with Crippen LogP contribution in [0.5, 0.6) is 0 Å². The summed E-state index contributed by atoms with van der Waals surface area (Å²) in [5.74, 6) is 0. The van der Waals surface area contributed by atoms with Gasteiger partial charge in [0.25, 0.3) is 0 Å². The zero-order valence-corrected chi connectivity index (χ0v) is 6.20. The first-order valence-electron chi connectivity index (χ1n) is 3.54. The van der Waals surface area contributed by atoms with Crippen LogP contribution in [0.25, 0.3) is 0 Å². The van der Waals surface area contributed by atoms with Crippen molar-refractivity contribution < 1.29 is 30.3 Å². The summed E-state index contributed by atoms with van der Waals surface area (Å²) >= 11 is 0. The first-order chi connectivity index (χ1) is 5.57. The minimum Gasteiger partial charge on any atom is -0.394 e. The number of hydrogen-bond donors (Lipinski definition) is 4. The van der Waals surface area contributed by atoms with Crippen LogP contribution in [0.1, 0.15) is 0 Å². The zero-order chi connectivity index (χ0) is 9.30. The van der Waals surface area contributed by atoms with Crippen molar-refractivity contribution in [1.82, 2.24) is 0 Å². The van der Waals surface area contributed by atoms with E-state index in [1.807, 2.05) is 0 Å². The number of hydrogen-bond acceptors (Lipinski definition) is 5. The number of aliphatic hydroxyl groups is 4. The Kier molecular flexibility index (Phi) is 2.99. The van der Waals surface area contributed by atoms with Gasteiger partial charge in [0.1, 0.15) is 24.4 Å². The fourth-order valence-electron chi connectivity index (χ4n) is 1.09. The largest absolute Gasteiger partial charge is 0.394 e. The predicted molar refractivity (Wildman–Crippen MR) is 34.5 cm³/mol. The van der Waals surface area contributed by atoms with Crippen LogP contribution in [-0.2, 0) is 9.84 Å². The second kappa shape index (κ2) is 3.65. The molecule has 71 valence electrons. The van der Waals surface area contributed by atoms with Gasteiger partial charge >= 0.3 is 0 Å². The molecule has 0 aliphatic carbocycles. The van der Waals surface area contributed by atoms with Crippen molar-refractivity contribution in [2.75, 3.05) is 6.61 Å². The Morgan fingerprint density at radius 1 is 1.33 bits per heavy atom. The molecule has 4 N–H and O–H groups in total. The van der Waals surface area contributed by atoms with Crippen LogP contribution in [-0.4, -0.2) is 57.7 Å². The molecule has 0 aromatic heterocycles. The van der Waals surface area contributed by atoms with Crippen molar-refractivity contribution in [3.63, 3.8) is 0 Å². The molecule has 1 radical (unpaired) electrons. The SMILES string of the molecule is [O]C1O[C@H]([C@H](O)CO)[C@H](O)[C@H]1O. The second-order valence-electron chi connectivity index (χ2n) is 2.70. The summed E-state index contributed by atoms with van der Waals surface area (Å²) in [6.07, 6.45) is -7.28. The van der Waals surface area contributed by atoms with Crippen molar-refractivity contribution in [2.24, 2.45) is 0 Å². The summed E-state index contributed by atoms with van der Waals surface area (Å²) in [4.78, 5) is 0. The van der Waals surface area contributed by atoms with Gasteiger partial charge in [-0.15, -0.1) is 0 Å². The molecule has 6 nitrogen and oxygen atoms in total. The van der Waals surface area contributed by atoms with Crippen LogP contribution in [0.3, 0.4) is 0 Å². The van der Waals surface area contributed by atoms with E-state index in [-0.39, 0.29) is 0 Å². The molecule has 0 saturated carbocycles. The van der Waals surface area contributed by atoms with E-state index in [0.717, 1.165) is 0 Å². The third kappa shape index (κ3) is 1.58. The Morgan fingerprint density at radius 2 is 1.92 bits per heavy atom. The van der Waals surface area contributed by atoms with E-state index in [1.54, 1.807) is 0 Å². The third-order valence-electron chi connectivity index (χ3n) is 1.82. The lowest BCUT2D eigenvalue weighted by Crippen LogP contribution is -2.40. The quantitative estimate of drug-likeness (QED) is 0.366. The van der Waals surface area contributed by atoms with Gasteiger partial charge in [0.05, 0.1) is 6.61 Å². The van der Waals surface area contributed by atoms with E-state index < -0.39 is 37.3 Å². The maximum Gasteiger partial charge on any atom is 0.220 e. The highest BCUT2D eigenvalue weighted by molar-refractivity contribution is 4.89. The molecule has 1 aliphatic rings. The van der Waals surface area contributed by atoms with Crippen molar-refractivity contribution in [2.45, 2.75) is 30.7 Å². The minimum absolute atomic E-state index is 0.624. The van der Waals surface area contributed by atoms with Gasteiger partial charge in [-0.2, -0.15) is 5.11 Å². The average molecular weight is 179 g/mol. The smallest absolute Gasteiger partial charge is 0.220 e. The Labute approximate surface area is 68.6 Å². The van der Waals surface area contributed by atoms with E-state index in [4.69, 9.17) is 20.4 Å². The normalized spacial score (nSPS) is 44.8. The van der Waals surface area contributed by atoms with Crippen LogP contribution < -0.4 is 0 Å². The molecule has 1 aliphatic heterocycles. The topological polar surface area (TPSA) is 110 Å². The summed E-state index contributed by atoms with van der Waals surface area (Å²) in [7, 11) is 0. The predicted octanol–water partition coefficient (Wildman–Crippen LogP) is -2.78. The molecule has 1 heterocycles. The van der Waals surface area contributed by atoms with Crippen molar-refractivity contribution in [1.29, 1.82) is 0 Å². The van der Waals surface area contributed by atoms with Gasteiger partial charge in [0.2, 0.25) is 6.29 Å². The summed E-state index contributed by atoms with van der Waals surface area (Å²) in [5.41, 5.74) is 0. The average Bonchev–Trinajstić information content (AvgIpc) is 2.32. The molecule has 5 atom stereocenters. The summed E-state index contributed by atoms with van der Waals surface area (Å²) < 4.78 is 4.47. The van der Waals surface area contributed by atoms with Gasteiger partial charge in [-0.1, -0.05) is 0 Å². The van der Waals surface area contributed by atoms with Crippen molar-refractivity contribution in [3.05, 3.63) is 0 Å². The van der Waals surface area contributed by atoms with Gasteiger partial charge in [-0.25, -0.2) is 0 Å². The molecule has 6 heteroatoms. The first kappa shape index (κ1) is 9.85. The van der Waals surface area contributed by atoms with Gasteiger partial charge in [0.15, 0.2) is 0 Å². The summed E-state index contributed by atoms with van der Waals surface area (Å²) in [6.45, 7) is -0.624. The fourth-order valence-corrected chi connectivity index (χ4v) is 1.09. The lowest BCUT2D eigenvalue weighted by atomic mass is 10.1. The van der Waals surface area contributed by atoms with Gasteiger partial charge in [-0.3, -0.25) is 0 Å². The van der Waals surface area contributed by atoms with Crippen LogP contribution in [0.4, 0.5) is 0 Å². The summed E-state index contributed by atoms with van der Waals surface area (Å²) in [6, 6.07) is 0. The van der Waals surface area contributed by atoms with E-state index in [0.29, 0.717) is 0 Å². The second-order valence-corrected chi connectivity index (χ2v) is 2.70. The molecule has 1 saturated heterocycles. The highest BCUT2D eigenvalue weighted by Gasteiger charge is 2.45. The number of aliphatic hydroxyl groups excluding tert-OH is 4. The molecule has 1 unspecified atom stereocenters. The number of rotatable bonds is 2. The minimum atomic E-state index is -1.76. The van der Waals surface area contributed by atoms with Gasteiger partial charge < -0.3 is 25.2 Å². The van der Waals surface area contributed by atoms with Crippen LogP contribution >= 0.6 is 0 Å². The monoisotopic (exact) mass is 179 g/mol. The van der Waals surface area contributed by atoms with Gasteiger partial charge in [0, 0.05) is 0 Å². The van der Waals surface area contributed by atoms with E-state index >= 15 is 0 Å². The molecular weight excluding hydrogens is 168 g/mol. The van der Waals surface area contributed by atoms with Crippen molar-refractivity contribution >= 4 is 0 Å². The fraction of sp³-hybridized carbons (Fsp3) is 1.00. The van der Waals surface area contributed by atoms with Crippen molar-refractivity contribution in [3.8, 4) is 0 Å². The Bertz CT molecular complexity index is 151. The molecule has 0 aromatic carbocycles. The molecule has 12 heavy (non-hydrogen) atoms. The van der Waals surface area contributed by atoms with Crippen LogP contribution in [0, 0.1) is 0 Å². The standard InChI is InChI=1S/C6H11O6/c7-1-2(8)5-3(9)4(10)6(11)12-5/h2-10H,1H2/t2-,3-,4-,5-,6?/m1/s1. The summed E-state index contributed by atoms with van der Waals surface area (Å²) in [5, 5.41) is 46.1. The van der Waals surface area contributed by atoms with E-state index in [9.17, 15) is 5.11 Å². The zero-order valence-electron chi connectivity index (χ0n) is 6.20. The van der Waals surface area contributed by atoms with E-state index in [2.05, 4.69) is 4.74 Å². The third-order valence-corrected chi connectivity index (χ3v) is 1.82. The Hall–Kier alpha value is -0.240. The molecule has 0 aromatic rings. The first-order valence-corrected chi connectivity index (χ1v) is 3.54. The Balaban J connectivity index is 2.58. The Morgan fingerprint density at radius 3 is 2.25 bits per heavy atom. The van der Waals surface area contributed by atoms with E-state index in [1.165, 1.54) is 0 Å². The lowest BCUT2D eigenvalue weighted by molar-refractivity contribution is -0.180. The molecule has 0 amide bonds. The molecule has 1 fully saturated rings. The highest BCUT2D eigenvalue weighted by Crippen LogP contribution is 2.22. The van der Waals surface area contributed by atoms with Crippen LogP contribution in [0.2, 0.25) is 0 Å². The maximum absolute atomic E-state index is 10.7. The van der Waals surface area contributed by atoms with Crippen LogP contribution in [0.15, 0.2) is 0 Å². The molecule has 0 bridgehead atoms. The molecule has 0 spiro atoms. The lowest BCUT2D eigenvalue weighted by Gasteiger charge is -2.18. The maximum atomic E-state index is 10.7. The number of ether oxygens (including phenoxy) is 1.